The molecular formula is C20H18N2O8. The lowest BCUT2D eigenvalue weighted by molar-refractivity contribution is -0.139. The Kier molecular flexibility index (Phi) is 5.81. The van der Waals surface area contributed by atoms with E-state index in [-0.39, 0.29) is 33.6 Å². The highest BCUT2D eigenvalue weighted by molar-refractivity contribution is 6.32. The van der Waals surface area contributed by atoms with Gasteiger partial charge in [-0.05, 0) is 12.1 Å². The molecule has 30 heavy (non-hydrogen) atoms. The molecule has 156 valence electrons. The molecule has 0 heterocycles. The summed E-state index contributed by atoms with van der Waals surface area (Å²) in [7, 11) is 0. The van der Waals surface area contributed by atoms with E-state index in [2.05, 4.69) is 10.6 Å². The summed E-state index contributed by atoms with van der Waals surface area (Å²) in [4.78, 5) is 48.9. The SMILES string of the molecule is O=C1c2ccccc2C(=O)c2c(NC(CO)C(=O)O)ccc(NC(CO)C(=O)O)c21. The highest BCUT2D eigenvalue weighted by atomic mass is 16.4. The molecule has 10 nitrogen and oxygen atoms in total. The maximum atomic E-state index is 13.2. The van der Waals surface area contributed by atoms with Crippen molar-refractivity contribution in [3.63, 3.8) is 0 Å². The number of fused-ring (bicyclic) bond motifs is 2. The highest BCUT2D eigenvalue weighted by Gasteiger charge is 2.35. The van der Waals surface area contributed by atoms with Crippen molar-refractivity contribution in [2.24, 2.45) is 0 Å². The zero-order valence-electron chi connectivity index (χ0n) is 15.5. The number of anilines is 2. The van der Waals surface area contributed by atoms with Gasteiger partial charge in [-0.3, -0.25) is 9.59 Å². The topological polar surface area (TPSA) is 173 Å². The van der Waals surface area contributed by atoms with Crippen LogP contribution < -0.4 is 10.6 Å². The third-order valence-electron chi connectivity index (χ3n) is 4.70. The van der Waals surface area contributed by atoms with Crippen LogP contribution in [-0.4, -0.2) is 69.2 Å². The lowest BCUT2D eigenvalue weighted by Gasteiger charge is -2.26. The Morgan fingerprint density at radius 3 is 1.40 bits per heavy atom. The van der Waals surface area contributed by atoms with E-state index in [0.717, 1.165) is 0 Å². The Bertz CT molecular complexity index is 967. The summed E-state index contributed by atoms with van der Waals surface area (Å²) in [5.41, 5.74) is -0.0663. The largest absolute Gasteiger partial charge is 0.480 e. The van der Waals surface area contributed by atoms with Crippen LogP contribution >= 0.6 is 0 Å². The molecule has 6 N–H and O–H groups in total. The Balaban J connectivity index is 2.20. The van der Waals surface area contributed by atoms with Crippen molar-refractivity contribution in [3.8, 4) is 0 Å². The van der Waals surface area contributed by atoms with Crippen LogP contribution in [-0.2, 0) is 9.59 Å². The van der Waals surface area contributed by atoms with E-state index >= 15 is 0 Å². The van der Waals surface area contributed by atoms with Crippen LogP contribution in [0.4, 0.5) is 11.4 Å². The molecule has 0 amide bonds. The van der Waals surface area contributed by atoms with Crippen LogP contribution in [0.5, 0.6) is 0 Å². The van der Waals surface area contributed by atoms with Gasteiger partial charge in [0.25, 0.3) is 0 Å². The fraction of sp³-hybridized carbons (Fsp3) is 0.200. The Morgan fingerprint density at radius 1 is 0.733 bits per heavy atom. The number of rotatable bonds is 8. The number of carboxylic acid groups (broad SMARTS) is 2. The van der Waals surface area contributed by atoms with E-state index < -0.39 is 48.8 Å². The standard InChI is InChI=1S/C20H18N2O8/c23-7-13(19(27)28)21-11-5-6-12(22-14(8-24)20(29)30)16-15(11)17(25)9-3-1-2-4-10(9)18(16)26/h1-6,13-14,21-24H,7-8H2,(H,27,28)(H,29,30). The van der Waals surface area contributed by atoms with Gasteiger partial charge in [0, 0.05) is 22.5 Å². The molecule has 1 aliphatic rings. The number of nitrogens with one attached hydrogen (secondary N) is 2. The Labute approximate surface area is 169 Å². The molecular weight excluding hydrogens is 396 g/mol. The van der Waals surface area contributed by atoms with Crippen LogP contribution in [0.2, 0.25) is 0 Å². The quantitative estimate of drug-likeness (QED) is 0.298. The molecule has 0 spiro atoms. The molecule has 3 rings (SSSR count). The maximum Gasteiger partial charge on any atom is 0.328 e. The zero-order valence-corrected chi connectivity index (χ0v) is 15.5. The molecule has 0 aliphatic heterocycles. The van der Waals surface area contributed by atoms with Crippen LogP contribution in [0, 0.1) is 0 Å². The minimum absolute atomic E-state index is 0.000673. The lowest BCUT2D eigenvalue weighted by atomic mass is 9.82. The van der Waals surface area contributed by atoms with E-state index in [1.54, 1.807) is 12.1 Å². The van der Waals surface area contributed by atoms with Gasteiger partial charge in [-0.15, -0.1) is 0 Å². The minimum atomic E-state index is -1.43. The van der Waals surface area contributed by atoms with Crippen molar-refractivity contribution in [3.05, 3.63) is 58.7 Å². The van der Waals surface area contributed by atoms with E-state index in [4.69, 9.17) is 0 Å². The average Bonchev–Trinajstić information content (AvgIpc) is 2.73. The average molecular weight is 414 g/mol. The Hall–Kier alpha value is -3.76. The molecule has 2 unspecified atom stereocenters. The fourth-order valence-corrected chi connectivity index (χ4v) is 3.21. The molecule has 10 heteroatoms. The number of carboxylic acids is 2. The fourth-order valence-electron chi connectivity index (χ4n) is 3.21. The van der Waals surface area contributed by atoms with Gasteiger partial charge in [0.2, 0.25) is 0 Å². The maximum absolute atomic E-state index is 13.2. The number of carbonyl (C=O) groups excluding carboxylic acids is 2. The number of aliphatic carboxylic acids is 2. The van der Waals surface area contributed by atoms with Crippen LogP contribution in [0.1, 0.15) is 31.8 Å². The monoisotopic (exact) mass is 414 g/mol. The van der Waals surface area contributed by atoms with Gasteiger partial charge in [0.15, 0.2) is 11.6 Å². The Morgan fingerprint density at radius 2 is 1.10 bits per heavy atom. The molecule has 0 radical (unpaired) electrons. The summed E-state index contributed by atoms with van der Waals surface area (Å²) >= 11 is 0. The summed E-state index contributed by atoms with van der Waals surface area (Å²) in [6.45, 7) is -1.54. The van der Waals surface area contributed by atoms with E-state index in [1.165, 1.54) is 24.3 Å². The van der Waals surface area contributed by atoms with Gasteiger partial charge in [0.05, 0.1) is 24.3 Å². The number of hydrogen-bond acceptors (Lipinski definition) is 8. The van der Waals surface area contributed by atoms with Gasteiger partial charge < -0.3 is 31.1 Å². The second kappa shape index (κ2) is 8.31. The molecule has 0 saturated carbocycles. The predicted octanol–water partition coefficient (Wildman–Crippen LogP) is 0.177. The first kappa shape index (κ1) is 21.0. The third kappa shape index (κ3) is 3.61. The summed E-state index contributed by atoms with van der Waals surface area (Å²) in [6.07, 6.45) is 0. The van der Waals surface area contributed by atoms with E-state index in [9.17, 15) is 39.6 Å². The molecule has 0 saturated heterocycles. The van der Waals surface area contributed by atoms with Gasteiger partial charge in [-0.2, -0.15) is 0 Å². The van der Waals surface area contributed by atoms with Crippen molar-refractivity contribution in [1.82, 2.24) is 0 Å². The van der Waals surface area contributed by atoms with Crippen molar-refractivity contribution in [2.75, 3.05) is 23.8 Å². The minimum Gasteiger partial charge on any atom is -0.480 e. The van der Waals surface area contributed by atoms with Crippen molar-refractivity contribution in [1.29, 1.82) is 0 Å². The van der Waals surface area contributed by atoms with Gasteiger partial charge in [-0.1, -0.05) is 24.3 Å². The number of aliphatic hydroxyl groups excluding tert-OH is 2. The summed E-state index contributed by atoms with van der Waals surface area (Å²) in [6, 6.07) is 5.81. The molecule has 1 aliphatic carbocycles. The summed E-state index contributed by atoms with van der Waals surface area (Å²) in [5.74, 6) is -3.86. The number of benzene rings is 2. The zero-order chi connectivity index (χ0) is 22.0. The molecule has 2 aromatic rings. The predicted molar refractivity (Wildman–Crippen MR) is 104 cm³/mol. The van der Waals surface area contributed by atoms with Crippen LogP contribution in [0.15, 0.2) is 36.4 Å². The first-order valence-electron chi connectivity index (χ1n) is 8.86. The van der Waals surface area contributed by atoms with Gasteiger partial charge >= 0.3 is 11.9 Å². The van der Waals surface area contributed by atoms with Crippen molar-refractivity contribution in [2.45, 2.75) is 12.1 Å². The van der Waals surface area contributed by atoms with Gasteiger partial charge in [0.1, 0.15) is 12.1 Å². The number of hydrogen-bond donors (Lipinski definition) is 6. The van der Waals surface area contributed by atoms with Crippen LogP contribution in [0.3, 0.4) is 0 Å². The van der Waals surface area contributed by atoms with E-state index in [1.807, 2.05) is 0 Å². The molecule has 2 atom stereocenters. The van der Waals surface area contributed by atoms with E-state index in [0.29, 0.717) is 0 Å². The highest BCUT2D eigenvalue weighted by Crippen LogP contribution is 2.37. The smallest absolute Gasteiger partial charge is 0.328 e. The number of ketones is 2. The number of aliphatic hydroxyl groups is 2. The molecule has 2 aromatic carbocycles. The second-order valence-electron chi connectivity index (χ2n) is 6.55. The summed E-state index contributed by atoms with van der Waals surface area (Å²) in [5, 5.41) is 42.1. The first-order chi connectivity index (χ1) is 14.3. The normalized spacial score (nSPS) is 14.3. The second-order valence-corrected chi connectivity index (χ2v) is 6.55. The molecule has 0 bridgehead atoms. The molecule has 0 fully saturated rings. The third-order valence-corrected chi connectivity index (χ3v) is 4.70. The first-order valence-corrected chi connectivity index (χ1v) is 8.86. The van der Waals surface area contributed by atoms with Crippen LogP contribution in [0.25, 0.3) is 0 Å². The van der Waals surface area contributed by atoms with Crippen molar-refractivity contribution < 1.29 is 39.6 Å². The lowest BCUT2D eigenvalue weighted by Crippen LogP contribution is -2.36. The molecule has 0 aromatic heterocycles. The van der Waals surface area contributed by atoms with Crippen molar-refractivity contribution >= 4 is 34.9 Å². The van der Waals surface area contributed by atoms with Gasteiger partial charge in [-0.25, -0.2) is 9.59 Å². The summed E-state index contributed by atoms with van der Waals surface area (Å²) < 4.78 is 0. The number of carbonyl (C=O) groups is 4.